The molecular weight excluding hydrogens is 191 g/mol. The largest absolute Gasteiger partial charge is 0.443 e. The molecule has 0 unspecified atom stereocenters. The molecule has 0 aliphatic heterocycles. The summed E-state index contributed by atoms with van der Waals surface area (Å²) in [5, 5.41) is -0.903. The van der Waals surface area contributed by atoms with Crippen LogP contribution in [0.2, 0.25) is 0 Å². The molecule has 0 fully saturated rings. The summed E-state index contributed by atoms with van der Waals surface area (Å²) in [6, 6.07) is 0. The second kappa shape index (κ2) is 3.22. The van der Waals surface area contributed by atoms with Gasteiger partial charge < -0.3 is 4.79 Å². The molecule has 0 bridgehead atoms. The van der Waals surface area contributed by atoms with Gasteiger partial charge in [-0.1, -0.05) is 0 Å². The molecule has 2 nitrogen and oxygen atoms in total. The maximum absolute atomic E-state index is 11.9. The van der Waals surface area contributed by atoms with E-state index in [4.69, 9.17) is 0 Å². The summed E-state index contributed by atoms with van der Waals surface area (Å²) in [4.78, 5) is 13.4. The highest BCUT2D eigenvalue weighted by atomic mass is 32.1. The number of carbonyl (C=O) groups excluding carboxylic acids is 1. The fourth-order valence-corrected chi connectivity index (χ4v) is 1.34. The molecule has 0 atom stereocenters. The van der Waals surface area contributed by atoms with E-state index in [2.05, 4.69) is 4.98 Å². The Labute approximate surface area is 70.0 Å². The fraction of sp³-hybridized carbons (Fsp3) is 0.333. The van der Waals surface area contributed by atoms with Crippen LogP contribution in [0.25, 0.3) is 0 Å². The van der Waals surface area contributed by atoms with Crippen molar-refractivity contribution < 1.29 is 18.0 Å². The summed E-state index contributed by atoms with van der Waals surface area (Å²) in [6.07, 6.45) is -2.78. The highest BCUT2D eigenvalue weighted by molar-refractivity contribution is 7.11. The number of rotatable bonds is 2. The van der Waals surface area contributed by atoms with Gasteiger partial charge in [-0.05, 0) is 0 Å². The van der Waals surface area contributed by atoms with Gasteiger partial charge >= 0.3 is 6.18 Å². The first-order valence-corrected chi connectivity index (χ1v) is 3.81. The van der Waals surface area contributed by atoms with Crippen LogP contribution in [-0.2, 0) is 17.4 Å². The van der Waals surface area contributed by atoms with Crippen molar-refractivity contribution in [1.82, 2.24) is 4.98 Å². The van der Waals surface area contributed by atoms with Gasteiger partial charge in [0.15, 0.2) is 5.01 Å². The van der Waals surface area contributed by atoms with Gasteiger partial charge in [0.25, 0.3) is 0 Å². The highest BCUT2D eigenvalue weighted by Gasteiger charge is 2.34. The van der Waals surface area contributed by atoms with Crippen LogP contribution < -0.4 is 0 Å². The summed E-state index contributed by atoms with van der Waals surface area (Å²) >= 11 is 0.497. The number of nitrogens with zero attached hydrogens (tertiary/aromatic N) is 1. The lowest BCUT2D eigenvalue weighted by Crippen LogP contribution is -2.02. The van der Waals surface area contributed by atoms with E-state index in [-0.39, 0.29) is 6.42 Å². The van der Waals surface area contributed by atoms with Crippen molar-refractivity contribution in [2.45, 2.75) is 12.6 Å². The van der Waals surface area contributed by atoms with E-state index in [0.29, 0.717) is 22.5 Å². The van der Waals surface area contributed by atoms with Crippen molar-refractivity contribution >= 4 is 17.6 Å². The third-order valence-electron chi connectivity index (χ3n) is 1.08. The quantitative estimate of drug-likeness (QED) is 0.674. The molecule has 66 valence electrons. The average Bonchev–Trinajstić information content (AvgIpc) is 2.35. The molecule has 0 amide bonds. The van der Waals surface area contributed by atoms with E-state index in [9.17, 15) is 18.0 Å². The number of carbonyl (C=O) groups is 1. The number of aldehydes is 1. The maximum atomic E-state index is 11.9. The molecule has 0 aliphatic rings. The van der Waals surface area contributed by atoms with Crippen LogP contribution >= 0.6 is 11.3 Å². The molecule has 1 heterocycles. The smallest absolute Gasteiger partial charge is 0.303 e. The Hall–Kier alpha value is -0.910. The van der Waals surface area contributed by atoms with Crippen molar-refractivity contribution in [3.05, 3.63) is 16.1 Å². The molecule has 0 radical (unpaired) electrons. The Balaban J connectivity index is 2.84. The number of alkyl halides is 3. The fourth-order valence-electron chi connectivity index (χ4n) is 0.615. The van der Waals surface area contributed by atoms with Gasteiger partial charge in [-0.2, -0.15) is 13.2 Å². The summed E-state index contributed by atoms with van der Waals surface area (Å²) < 4.78 is 35.7. The standard InChI is InChI=1S/C6H4F3NOS/c7-6(8,9)5-10-3-4(12-5)1-2-11/h2-3H,1H2. The van der Waals surface area contributed by atoms with Crippen LogP contribution in [0.15, 0.2) is 6.20 Å². The van der Waals surface area contributed by atoms with E-state index in [1.807, 2.05) is 0 Å². The molecule has 1 rings (SSSR count). The average molecular weight is 195 g/mol. The van der Waals surface area contributed by atoms with Gasteiger partial charge in [0, 0.05) is 17.5 Å². The Bertz CT molecular complexity index is 281. The Morgan fingerprint density at radius 3 is 2.67 bits per heavy atom. The SMILES string of the molecule is O=CCc1cnc(C(F)(F)F)s1. The third-order valence-corrected chi connectivity index (χ3v) is 2.15. The Morgan fingerprint density at radius 1 is 1.58 bits per heavy atom. The molecule has 0 spiro atoms. The minimum Gasteiger partial charge on any atom is -0.303 e. The second-order valence-electron chi connectivity index (χ2n) is 2.00. The molecule has 12 heavy (non-hydrogen) atoms. The molecule has 6 heteroatoms. The van der Waals surface area contributed by atoms with Crippen LogP contribution in [0.5, 0.6) is 0 Å². The van der Waals surface area contributed by atoms with E-state index in [0.717, 1.165) is 6.20 Å². The van der Waals surface area contributed by atoms with Gasteiger partial charge in [0.2, 0.25) is 0 Å². The topological polar surface area (TPSA) is 30.0 Å². The number of hydrogen-bond acceptors (Lipinski definition) is 3. The number of hydrogen-bond donors (Lipinski definition) is 0. The molecule has 0 saturated carbocycles. The predicted molar refractivity (Wildman–Crippen MR) is 36.9 cm³/mol. The van der Waals surface area contributed by atoms with E-state index < -0.39 is 11.2 Å². The summed E-state index contributed by atoms with van der Waals surface area (Å²) in [6.45, 7) is 0. The molecule has 1 aromatic heterocycles. The van der Waals surface area contributed by atoms with Crippen molar-refractivity contribution in [2.24, 2.45) is 0 Å². The van der Waals surface area contributed by atoms with Gasteiger partial charge in [-0.15, -0.1) is 11.3 Å². The summed E-state index contributed by atoms with van der Waals surface area (Å²) in [5.74, 6) is 0. The van der Waals surface area contributed by atoms with E-state index in [1.54, 1.807) is 0 Å². The first-order chi connectivity index (χ1) is 5.54. The van der Waals surface area contributed by atoms with Crippen LogP contribution in [0.3, 0.4) is 0 Å². The zero-order chi connectivity index (χ0) is 9.19. The molecule has 0 saturated heterocycles. The number of aromatic nitrogens is 1. The van der Waals surface area contributed by atoms with E-state index >= 15 is 0 Å². The molecular formula is C6H4F3NOS. The third kappa shape index (κ3) is 2.04. The van der Waals surface area contributed by atoms with Crippen molar-refractivity contribution in [2.75, 3.05) is 0 Å². The number of halogens is 3. The molecule has 0 aromatic carbocycles. The minimum absolute atomic E-state index is 0.00620. The van der Waals surface area contributed by atoms with Gasteiger partial charge in [0.05, 0.1) is 0 Å². The number of thiazole rings is 1. The van der Waals surface area contributed by atoms with E-state index in [1.165, 1.54) is 0 Å². The first kappa shape index (κ1) is 9.18. The Kier molecular flexibility index (Phi) is 2.46. The monoisotopic (exact) mass is 195 g/mol. The molecule has 0 N–H and O–H groups in total. The predicted octanol–water partition coefficient (Wildman–Crippen LogP) is 1.90. The highest BCUT2D eigenvalue weighted by Crippen LogP contribution is 2.32. The van der Waals surface area contributed by atoms with Crippen molar-refractivity contribution in [3.8, 4) is 0 Å². The van der Waals surface area contributed by atoms with Gasteiger partial charge in [-0.3, -0.25) is 0 Å². The zero-order valence-electron chi connectivity index (χ0n) is 5.76. The van der Waals surface area contributed by atoms with Crippen LogP contribution in [-0.4, -0.2) is 11.3 Å². The summed E-state index contributed by atoms with van der Waals surface area (Å²) in [7, 11) is 0. The second-order valence-corrected chi connectivity index (χ2v) is 3.12. The lowest BCUT2D eigenvalue weighted by molar-refractivity contribution is -0.137. The lowest BCUT2D eigenvalue weighted by atomic mass is 10.4. The Morgan fingerprint density at radius 2 is 2.25 bits per heavy atom. The minimum atomic E-state index is -4.40. The van der Waals surface area contributed by atoms with Crippen molar-refractivity contribution in [3.63, 3.8) is 0 Å². The molecule has 1 aromatic rings. The van der Waals surface area contributed by atoms with Crippen LogP contribution in [0.1, 0.15) is 9.88 Å². The normalized spacial score (nSPS) is 11.6. The van der Waals surface area contributed by atoms with Gasteiger partial charge in [-0.25, -0.2) is 4.98 Å². The van der Waals surface area contributed by atoms with Gasteiger partial charge in [0.1, 0.15) is 6.29 Å². The van der Waals surface area contributed by atoms with Crippen molar-refractivity contribution in [1.29, 1.82) is 0 Å². The zero-order valence-corrected chi connectivity index (χ0v) is 6.58. The lowest BCUT2D eigenvalue weighted by Gasteiger charge is -1.98. The summed E-state index contributed by atoms with van der Waals surface area (Å²) in [5.41, 5.74) is 0. The maximum Gasteiger partial charge on any atom is 0.443 e. The van der Waals surface area contributed by atoms with Crippen LogP contribution in [0.4, 0.5) is 13.2 Å². The van der Waals surface area contributed by atoms with Crippen LogP contribution in [0, 0.1) is 0 Å². The first-order valence-electron chi connectivity index (χ1n) is 2.99. The molecule has 0 aliphatic carbocycles.